The van der Waals surface area contributed by atoms with Gasteiger partial charge in [0.15, 0.2) is 0 Å². The van der Waals surface area contributed by atoms with Crippen LogP contribution >= 0.6 is 0 Å². The molecule has 4 rings (SSSR count). The molecule has 1 aromatic rings. The van der Waals surface area contributed by atoms with Gasteiger partial charge in [0.2, 0.25) is 11.8 Å². The van der Waals surface area contributed by atoms with Crippen molar-refractivity contribution >= 4 is 11.8 Å². The average Bonchev–Trinajstić information content (AvgIpc) is 3.36. The number of likely N-dealkylation sites (N-methyl/N-ethyl adjacent to an activating group) is 1. The summed E-state index contributed by atoms with van der Waals surface area (Å²) in [6.07, 6.45) is 6.53. The van der Waals surface area contributed by atoms with Crippen LogP contribution in [0.15, 0.2) is 22.8 Å². The minimum Gasteiger partial charge on any atom is -0.467 e. The second-order valence-electron chi connectivity index (χ2n) is 7.69. The maximum absolute atomic E-state index is 13.1. The van der Waals surface area contributed by atoms with Crippen LogP contribution in [0.5, 0.6) is 0 Å². The van der Waals surface area contributed by atoms with Gasteiger partial charge in [-0.25, -0.2) is 0 Å². The van der Waals surface area contributed by atoms with E-state index >= 15 is 0 Å². The molecular formula is C19H27N3O3. The molecule has 3 aliphatic rings. The minimum absolute atomic E-state index is 0.0588. The van der Waals surface area contributed by atoms with E-state index in [2.05, 4.69) is 16.8 Å². The number of rotatable bonds is 4. The number of likely N-dealkylation sites (tertiary alicyclic amines) is 3. The van der Waals surface area contributed by atoms with Crippen molar-refractivity contribution in [2.24, 2.45) is 5.92 Å². The molecular weight excluding hydrogens is 318 g/mol. The molecule has 0 unspecified atom stereocenters. The zero-order valence-corrected chi connectivity index (χ0v) is 14.9. The van der Waals surface area contributed by atoms with E-state index in [0.29, 0.717) is 31.6 Å². The summed E-state index contributed by atoms with van der Waals surface area (Å²) >= 11 is 0. The molecule has 0 spiro atoms. The molecule has 0 saturated carbocycles. The fourth-order valence-corrected chi connectivity index (χ4v) is 4.80. The van der Waals surface area contributed by atoms with Crippen molar-refractivity contribution < 1.29 is 14.0 Å². The number of carbonyl (C=O) groups is 2. The molecule has 1 aromatic heterocycles. The van der Waals surface area contributed by atoms with Crippen LogP contribution < -0.4 is 0 Å². The van der Waals surface area contributed by atoms with E-state index in [-0.39, 0.29) is 17.7 Å². The third-order valence-electron chi connectivity index (χ3n) is 6.09. The Bertz CT molecular complexity index is 630. The van der Waals surface area contributed by atoms with Crippen molar-refractivity contribution in [2.75, 3.05) is 26.7 Å². The van der Waals surface area contributed by atoms with Crippen LogP contribution in [0.2, 0.25) is 0 Å². The Morgan fingerprint density at radius 1 is 1.24 bits per heavy atom. The third kappa shape index (κ3) is 3.19. The lowest BCUT2D eigenvalue weighted by Crippen LogP contribution is -2.49. The van der Waals surface area contributed by atoms with E-state index in [1.54, 1.807) is 11.2 Å². The fourth-order valence-electron chi connectivity index (χ4n) is 4.80. The molecule has 6 nitrogen and oxygen atoms in total. The largest absolute Gasteiger partial charge is 0.467 e. The summed E-state index contributed by atoms with van der Waals surface area (Å²) in [5.41, 5.74) is 0. The lowest BCUT2D eigenvalue weighted by Gasteiger charge is -2.34. The lowest BCUT2D eigenvalue weighted by atomic mass is 10.0. The van der Waals surface area contributed by atoms with Gasteiger partial charge in [0.1, 0.15) is 5.76 Å². The summed E-state index contributed by atoms with van der Waals surface area (Å²) in [7, 11) is 2.17. The lowest BCUT2D eigenvalue weighted by molar-refractivity contribution is -0.137. The molecule has 0 aliphatic carbocycles. The Kier molecular flexibility index (Phi) is 4.54. The Labute approximate surface area is 148 Å². The van der Waals surface area contributed by atoms with Gasteiger partial charge in [0.25, 0.3) is 0 Å². The van der Waals surface area contributed by atoms with Crippen LogP contribution in [0.25, 0.3) is 0 Å². The highest BCUT2D eigenvalue weighted by Gasteiger charge is 2.43. The molecule has 136 valence electrons. The first-order valence-electron chi connectivity index (χ1n) is 9.44. The molecule has 3 atom stereocenters. The predicted molar refractivity (Wildman–Crippen MR) is 92.6 cm³/mol. The maximum atomic E-state index is 13.1. The molecule has 0 aromatic carbocycles. The van der Waals surface area contributed by atoms with E-state index in [9.17, 15) is 9.59 Å². The Morgan fingerprint density at radius 2 is 2.04 bits per heavy atom. The van der Waals surface area contributed by atoms with Crippen LogP contribution in [0.1, 0.15) is 37.9 Å². The highest BCUT2D eigenvalue weighted by molar-refractivity contribution is 5.89. The molecule has 0 N–H and O–H groups in total. The summed E-state index contributed by atoms with van der Waals surface area (Å²) in [5.74, 6) is 0.810. The van der Waals surface area contributed by atoms with Gasteiger partial charge >= 0.3 is 0 Å². The Morgan fingerprint density at radius 3 is 2.76 bits per heavy atom. The zero-order chi connectivity index (χ0) is 17.4. The molecule has 3 saturated heterocycles. The van der Waals surface area contributed by atoms with Crippen molar-refractivity contribution in [3.8, 4) is 0 Å². The number of amides is 2. The molecule has 0 radical (unpaired) electrons. The number of nitrogens with zero attached hydrogens (tertiary/aromatic N) is 3. The molecule has 0 bridgehead atoms. The first kappa shape index (κ1) is 16.6. The Hall–Kier alpha value is -1.82. The molecule has 2 amide bonds. The summed E-state index contributed by atoms with van der Waals surface area (Å²) in [6, 6.07) is 4.51. The second-order valence-corrected chi connectivity index (χ2v) is 7.69. The summed E-state index contributed by atoms with van der Waals surface area (Å²) in [4.78, 5) is 31.7. The van der Waals surface area contributed by atoms with E-state index in [1.165, 1.54) is 12.8 Å². The van der Waals surface area contributed by atoms with E-state index in [0.717, 1.165) is 31.7 Å². The minimum atomic E-state index is -0.199. The zero-order valence-electron chi connectivity index (χ0n) is 14.9. The van der Waals surface area contributed by atoms with Crippen LogP contribution in [0, 0.1) is 5.92 Å². The number of hydrogen-bond donors (Lipinski definition) is 0. The standard InChI is InChI=1S/C19H27N3O3/c1-20-8-2-6-16(20)17-7-3-9-22(17)19(24)14-11-18(23)21(12-14)13-15-5-4-10-25-15/h4-5,10,14,16-17H,2-3,6-9,11-13H2,1H3/t14-,16+,17-/m0/s1. The fraction of sp³-hybridized carbons (Fsp3) is 0.684. The first-order chi connectivity index (χ1) is 12.1. The molecule has 3 fully saturated rings. The van der Waals surface area contributed by atoms with Gasteiger partial charge in [-0.2, -0.15) is 0 Å². The monoisotopic (exact) mass is 345 g/mol. The SMILES string of the molecule is CN1CCC[C@@H]1[C@@H]1CCCN1C(=O)[C@H]1CC(=O)N(Cc2ccco2)C1. The van der Waals surface area contributed by atoms with Gasteiger partial charge in [0, 0.05) is 31.6 Å². The normalized spacial score (nSPS) is 30.6. The smallest absolute Gasteiger partial charge is 0.228 e. The maximum Gasteiger partial charge on any atom is 0.228 e. The molecule has 4 heterocycles. The number of hydrogen-bond acceptors (Lipinski definition) is 4. The summed E-state index contributed by atoms with van der Waals surface area (Å²) in [6.45, 7) is 2.95. The van der Waals surface area contributed by atoms with Gasteiger partial charge in [-0.05, 0) is 51.4 Å². The predicted octanol–water partition coefficient (Wildman–Crippen LogP) is 1.71. The van der Waals surface area contributed by atoms with Crippen molar-refractivity contribution in [1.82, 2.24) is 14.7 Å². The third-order valence-corrected chi connectivity index (χ3v) is 6.09. The highest BCUT2D eigenvalue weighted by atomic mass is 16.3. The highest BCUT2D eigenvalue weighted by Crippen LogP contribution is 2.32. The van der Waals surface area contributed by atoms with E-state index < -0.39 is 0 Å². The molecule has 6 heteroatoms. The molecule has 3 aliphatic heterocycles. The van der Waals surface area contributed by atoms with Gasteiger partial charge in [-0.3, -0.25) is 9.59 Å². The van der Waals surface area contributed by atoms with Crippen LogP contribution in [0.3, 0.4) is 0 Å². The van der Waals surface area contributed by atoms with Crippen molar-refractivity contribution in [3.63, 3.8) is 0 Å². The van der Waals surface area contributed by atoms with Crippen molar-refractivity contribution in [1.29, 1.82) is 0 Å². The Balaban J connectivity index is 1.41. The summed E-state index contributed by atoms with van der Waals surface area (Å²) < 4.78 is 5.34. The second kappa shape index (κ2) is 6.83. The van der Waals surface area contributed by atoms with E-state index in [1.807, 2.05) is 12.1 Å². The summed E-state index contributed by atoms with van der Waals surface area (Å²) in [5, 5.41) is 0. The van der Waals surface area contributed by atoms with Crippen LogP contribution in [0.4, 0.5) is 0 Å². The van der Waals surface area contributed by atoms with Gasteiger partial charge in [-0.1, -0.05) is 0 Å². The van der Waals surface area contributed by atoms with E-state index in [4.69, 9.17) is 4.42 Å². The number of carbonyl (C=O) groups excluding carboxylic acids is 2. The van der Waals surface area contributed by atoms with Crippen LogP contribution in [-0.2, 0) is 16.1 Å². The van der Waals surface area contributed by atoms with Crippen LogP contribution in [-0.4, -0.2) is 65.3 Å². The quantitative estimate of drug-likeness (QED) is 0.834. The van der Waals surface area contributed by atoms with Crippen molar-refractivity contribution in [2.45, 2.75) is 50.7 Å². The van der Waals surface area contributed by atoms with Gasteiger partial charge in [-0.15, -0.1) is 0 Å². The first-order valence-corrected chi connectivity index (χ1v) is 9.44. The number of furan rings is 1. The van der Waals surface area contributed by atoms with Gasteiger partial charge < -0.3 is 19.1 Å². The van der Waals surface area contributed by atoms with Crippen molar-refractivity contribution in [3.05, 3.63) is 24.2 Å². The average molecular weight is 345 g/mol. The van der Waals surface area contributed by atoms with Gasteiger partial charge in [0.05, 0.1) is 18.7 Å². The molecule has 25 heavy (non-hydrogen) atoms. The topological polar surface area (TPSA) is 57.0 Å².